The van der Waals surface area contributed by atoms with Crippen LogP contribution in [0.1, 0.15) is 50.2 Å². The van der Waals surface area contributed by atoms with Crippen LogP contribution in [-0.4, -0.2) is 41.8 Å². The molecule has 5 heteroatoms. The Labute approximate surface area is 121 Å². The molecule has 1 unspecified atom stereocenters. The molecule has 0 bridgehead atoms. The van der Waals surface area contributed by atoms with Gasteiger partial charge in [0.25, 0.3) is 0 Å². The van der Waals surface area contributed by atoms with Crippen LogP contribution in [0.3, 0.4) is 0 Å². The monoisotopic (exact) mass is 284 g/mol. The van der Waals surface area contributed by atoms with E-state index >= 15 is 0 Å². The first-order chi connectivity index (χ1) is 9.65. The van der Waals surface area contributed by atoms with Gasteiger partial charge in [-0.05, 0) is 26.2 Å². The van der Waals surface area contributed by atoms with Crippen molar-refractivity contribution in [2.24, 2.45) is 0 Å². The lowest BCUT2D eigenvalue weighted by molar-refractivity contribution is 0.0676. The minimum atomic E-state index is -0.452. The molecule has 0 spiro atoms. The molecule has 0 fully saturated rings. The van der Waals surface area contributed by atoms with Crippen molar-refractivity contribution < 1.29 is 14.6 Å². The minimum absolute atomic E-state index is 0.452. The Balaban J connectivity index is 2.61. The molecule has 1 aromatic heterocycles. The second kappa shape index (κ2) is 9.10. The van der Waals surface area contributed by atoms with Crippen LogP contribution >= 0.6 is 0 Å². The van der Waals surface area contributed by atoms with Crippen molar-refractivity contribution >= 4 is 0 Å². The molecule has 116 valence electrons. The van der Waals surface area contributed by atoms with Crippen molar-refractivity contribution in [2.45, 2.75) is 52.7 Å². The first kappa shape index (κ1) is 17.1. The standard InChI is InChI=1S/C15H28N2O3/c1-5-13-15(12(3)18)14(6-2)17(16-13)8-7-9-20-11-10-19-4/h12,18H,5-11H2,1-4H3. The summed E-state index contributed by atoms with van der Waals surface area (Å²) in [7, 11) is 1.67. The van der Waals surface area contributed by atoms with E-state index in [0.717, 1.165) is 42.8 Å². The fourth-order valence-electron chi connectivity index (χ4n) is 2.43. The third-order valence-corrected chi connectivity index (χ3v) is 3.35. The van der Waals surface area contributed by atoms with Crippen LogP contribution in [0.2, 0.25) is 0 Å². The lowest BCUT2D eigenvalue weighted by Crippen LogP contribution is -2.10. The highest BCUT2D eigenvalue weighted by atomic mass is 16.5. The summed E-state index contributed by atoms with van der Waals surface area (Å²) in [5.74, 6) is 0. The van der Waals surface area contributed by atoms with E-state index in [9.17, 15) is 5.11 Å². The van der Waals surface area contributed by atoms with Gasteiger partial charge in [0.05, 0.1) is 25.0 Å². The molecular weight excluding hydrogens is 256 g/mol. The van der Waals surface area contributed by atoms with Gasteiger partial charge in [-0.15, -0.1) is 0 Å². The molecule has 1 heterocycles. The molecule has 0 aliphatic heterocycles. The van der Waals surface area contributed by atoms with Gasteiger partial charge in [-0.3, -0.25) is 4.68 Å². The van der Waals surface area contributed by atoms with E-state index in [0.29, 0.717) is 19.8 Å². The van der Waals surface area contributed by atoms with Crippen molar-refractivity contribution in [3.8, 4) is 0 Å². The number of rotatable bonds is 10. The van der Waals surface area contributed by atoms with E-state index in [1.54, 1.807) is 7.11 Å². The molecule has 1 rings (SSSR count). The summed E-state index contributed by atoms with van der Waals surface area (Å²) < 4.78 is 12.4. The van der Waals surface area contributed by atoms with Gasteiger partial charge >= 0.3 is 0 Å². The van der Waals surface area contributed by atoms with Crippen LogP contribution in [-0.2, 0) is 28.9 Å². The second-order valence-corrected chi connectivity index (χ2v) is 4.87. The number of aliphatic hydroxyl groups is 1. The Hall–Kier alpha value is -0.910. The summed E-state index contributed by atoms with van der Waals surface area (Å²) in [6.07, 6.45) is 2.20. The highest BCUT2D eigenvalue weighted by Crippen LogP contribution is 2.23. The Morgan fingerprint density at radius 2 is 1.95 bits per heavy atom. The third-order valence-electron chi connectivity index (χ3n) is 3.35. The predicted octanol–water partition coefficient (Wildman–Crippen LogP) is 2.11. The molecule has 1 aromatic rings. The number of ether oxygens (including phenoxy) is 2. The molecular formula is C15H28N2O3. The van der Waals surface area contributed by atoms with Crippen molar-refractivity contribution in [3.05, 3.63) is 17.0 Å². The lowest BCUT2D eigenvalue weighted by Gasteiger charge is -2.10. The van der Waals surface area contributed by atoms with E-state index in [-0.39, 0.29) is 0 Å². The van der Waals surface area contributed by atoms with Gasteiger partial charge in [0.2, 0.25) is 0 Å². The molecule has 5 nitrogen and oxygen atoms in total. The Morgan fingerprint density at radius 1 is 1.20 bits per heavy atom. The fraction of sp³-hybridized carbons (Fsp3) is 0.800. The van der Waals surface area contributed by atoms with Crippen molar-refractivity contribution in [3.63, 3.8) is 0 Å². The molecule has 0 saturated heterocycles. The van der Waals surface area contributed by atoms with Crippen LogP contribution in [0.5, 0.6) is 0 Å². The maximum absolute atomic E-state index is 9.94. The van der Waals surface area contributed by atoms with Gasteiger partial charge in [-0.1, -0.05) is 13.8 Å². The predicted molar refractivity (Wildman–Crippen MR) is 78.9 cm³/mol. The lowest BCUT2D eigenvalue weighted by atomic mass is 10.0. The largest absolute Gasteiger partial charge is 0.389 e. The number of aliphatic hydroxyl groups excluding tert-OH is 1. The fourth-order valence-corrected chi connectivity index (χ4v) is 2.43. The van der Waals surface area contributed by atoms with Gasteiger partial charge in [-0.2, -0.15) is 5.10 Å². The van der Waals surface area contributed by atoms with E-state index < -0.39 is 6.10 Å². The number of nitrogens with zero attached hydrogens (tertiary/aromatic N) is 2. The SMILES string of the molecule is CCc1nn(CCCOCCOC)c(CC)c1C(C)O. The van der Waals surface area contributed by atoms with E-state index in [1.165, 1.54) is 0 Å². The zero-order valence-corrected chi connectivity index (χ0v) is 13.2. The number of aromatic nitrogens is 2. The maximum Gasteiger partial charge on any atom is 0.0798 e. The minimum Gasteiger partial charge on any atom is -0.389 e. The van der Waals surface area contributed by atoms with Gasteiger partial charge in [0.1, 0.15) is 0 Å². The second-order valence-electron chi connectivity index (χ2n) is 4.87. The molecule has 20 heavy (non-hydrogen) atoms. The van der Waals surface area contributed by atoms with Gasteiger partial charge in [0.15, 0.2) is 0 Å². The van der Waals surface area contributed by atoms with E-state index in [2.05, 4.69) is 18.9 Å². The summed E-state index contributed by atoms with van der Waals surface area (Å²) >= 11 is 0. The Bertz CT molecular complexity index is 389. The van der Waals surface area contributed by atoms with Crippen molar-refractivity contribution in [1.82, 2.24) is 9.78 Å². The van der Waals surface area contributed by atoms with E-state index in [1.807, 2.05) is 11.6 Å². The molecule has 0 radical (unpaired) electrons. The van der Waals surface area contributed by atoms with Crippen LogP contribution in [0.4, 0.5) is 0 Å². The van der Waals surface area contributed by atoms with Crippen molar-refractivity contribution in [2.75, 3.05) is 26.9 Å². The zero-order chi connectivity index (χ0) is 15.0. The highest BCUT2D eigenvalue weighted by molar-refractivity contribution is 5.28. The molecule has 1 N–H and O–H groups in total. The number of methoxy groups -OCH3 is 1. The molecule has 0 aromatic carbocycles. The van der Waals surface area contributed by atoms with Gasteiger partial charge < -0.3 is 14.6 Å². The van der Waals surface area contributed by atoms with Gasteiger partial charge in [0, 0.05) is 31.5 Å². The summed E-state index contributed by atoms with van der Waals surface area (Å²) in [6.45, 7) is 8.80. The molecule has 0 aliphatic carbocycles. The molecule has 0 saturated carbocycles. The molecule has 0 amide bonds. The Morgan fingerprint density at radius 3 is 2.50 bits per heavy atom. The summed E-state index contributed by atoms with van der Waals surface area (Å²) in [5.41, 5.74) is 3.17. The summed E-state index contributed by atoms with van der Waals surface area (Å²) in [5, 5.41) is 14.6. The Kier molecular flexibility index (Phi) is 7.80. The normalized spacial score (nSPS) is 12.8. The van der Waals surface area contributed by atoms with Crippen LogP contribution < -0.4 is 0 Å². The first-order valence-corrected chi connectivity index (χ1v) is 7.48. The average Bonchev–Trinajstić information content (AvgIpc) is 2.80. The molecule has 0 aliphatic rings. The van der Waals surface area contributed by atoms with Crippen LogP contribution in [0.25, 0.3) is 0 Å². The number of hydrogen-bond acceptors (Lipinski definition) is 4. The van der Waals surface area contributed by atoms with E-state index in [4.69, 9.17) is 9.47 Å². The average molecular weight is 284 g/mol. The zero-order valence-electron chi connectivity index (χ0n) is 13.2. The van der Waals surface area contributed by atoms with Crippen molar-refractivity contribution in [1.29, 1.82) is 0 Å². The topological polar surface area (TPSA) is 56.5 Å². The molecule has 1 atom stereocenters. The number of aryl methyl sites for hydroxylation is 2. The smallest absolute Gasteiger partial charge is 0.0798 e. The van der Waals surface area contributed by atoms with Crippen LogP contribution in [0.15, 0.2) is 0 Å². The summed E-state index contributed by atoms with van der Waals surface area (Å²) in [6, 6.07) is 0. The number of hydrogen-bond donors (Lipinski definition) is 1. The van der Waals surface area contributed by atoms with Crippen LogP contribution in [0, 0.1) is 0 Å². The maximum atomic E-state index is 9.94. The quantitative estimate of drug-likeness (QED) is 0.669. The summed E-state index contributed by atoms with van der Waals surface area (Å²) in [4.78, 5) is 0. The highest BCUT2D eigenvalue weighted by Gasteiger charge is 2.18. The van der Waals surface area contributed by atoms with Gasteiger partial charge in [-0.25, -0.2) is 0 Å². The first-order valence-electron chi connectivity index (χ1n) is 7.48. The third kappa shape index (κ3) is 4.58.